The molecular weight excluding hydrogens is 174 g/mol. The molecule has 1 saturated heterocycles. The van der Waals surface area contributed by atoms with Crippen LogP contribution in [0.3, 0.4) is 0 Å². The summed E-state index contributed by atoms with van der Waals surface area (Å²) in [5.74, 6) is 1.01. The molecule has 3 heteroatoms. The standard InChI is InChI=1S/C9H17NO.ClH/c1-7(2)9(11)8-3-5-10-6-4-8;/h7-8,10H,3-6H2,1-2H3;1H. The zero-order valence-electron chi connectivity index (χ0n) is 7.80. The van der Waals surface area contributed by atoms with Crippen LogP contribution in [-0.2, 0) is 4.79 Å². The highest BCUT2D eigenvalue weighted by Gasteiger charge is 2.22. The van der Waals surface area contributed by atoms with Gasteiger partial charge in [0.25, 0.3) is 0 Å². The van der Waals surface area contributed by atoms with Crippen LogP contribution in [0.4, 0.5) is 0 Å². The molecule has 0 bridgehead atoms. The predicted molar refractivity (Wildman–Crippen MR) is 52.7 cm³/mol. The molecule has 0 aromatic rings. The van der Waals surface area contributed by atoms with Crippen LogP contribution in [-0.4, -0.2) is 18.9 Å². The Balaban J connectivity index is 0.00000121. The second-order valence-corrected chi connectivity index (χ2v) is 3.58. The normalized spacial score (nSPS) is 18.9. The van der Waals surface area contributed by atoms with Crippen molar-refractivity contribution in [1.82, 2.24) is 5.32 Å². The van der Waals surface area contributed by atoms with Crippen molar-refractivity contribution in [1.29, 1.82) is 0 Å². The van der Waals surface area contributed by atoms with Crippen LogP contribution >= 0.6 is 12.4 Å². The summed E-state index contributed by atoms with van der Waals surface area (Å²) in [5, 5.41) is 3.26. The van der Waals surface area contributed by atoms with E-state index in [-0.39, 0.29) is 18.3 Å². The number of carbonyl (C=O) groups is 1. The zero-order chi connectivity index (χ0) is 8.27. The monoisotopic (exact) mass is 191 g/mol. The summed E-state index contributed by atoms with van der Waals surface area (Å²) in [6, 6.07) is 0. The summed E-state index contributed by atoms with van der Waals surface area (Å²) < 4.78 is 0. The molecule has 1 N–H and O–H groups in total. The molecule has 0 spiro atoms. The summed E-state index contributed by atoms with van der Waals surface area (Å²) >= 11 is 0. The maximum atomic E-state index is 11.5. The lowest BCUT2D eigenvalue weighted by Gasteiger charge is -2.22. The van der Waals surface area contributed by atoms with E-state index in [4.69, 9.17) is 0 Å². The highest BCUT2D eigenvalue weighted by Crippen LogP contribution is 2.16. The molecule has 0 amide bonds. The highest BCUT2D eigenvalue weighted by molar-refractivity contribution is 5.85. The van der Waals surface area contributed by atoms with Crippen LogP contribution in [0, 0.1) is 11.8 Å². The average molecular weight is 192 g/mol. The number of rotatable bonds is 2. The van der Waals surface area contributed by atoms with Crippen LogP contribution in [0.1, 0.15) is 26.7 Å². The molecule has 1 aliphatic rings. The number of hydrogen-bond acceptors (Lipinski definition) is 2. The van der Waals surface area contributed by atoms with E-state index in [1.807, 2.05) is 13.8 Å². The van der Waals surface area contributed by atoms with Crippen molar-refractivity contribution in [2.45, 2.75) is 26.7 Å². The lowest BCUT2D eigenvalue weighted by Crippen LogP contribution is -2.33. The predicted octanol–water partition coefficient (Wildman–Crippen LogP) is 1.63. The Kier molecular flexibility index (Phi) is 5.51. The molecule has 0 aromatic heterocycles. The third kappa shape index (κ3) is 3.11. The van der Waals surface area contributed by atoms with E-state index in [1.165, 1.54) is 0 Å². The van der Waals surface area contributed by atoms with Crippen LogP contribution in [0.15, 0.2) is 0 Å². The lowest BCUT2D eigenvalue weighted by molar-refractivity contribution is -0.126. The molecule has 0 radical (unpaired) electrons. The van der Waals surface area contributed by atoms with E-state index in [0.717, 1.165) is 25.9 Å². The van der Waals surface area contributed by atoms with Gasteiger partial charge in [0.05, 0.1) is 0 Å². The van der Waals surface area contributed by atoms with Gasteiger partial charge in [0.15, 0.2) is 0 Å². The zero-order valence-corrected chi connectivity index (χ0v) is 8.62. The number of halogens is 1. The molecular formula is C9H18ClNO. The third-order valence-electron chi connectivity index (χ3n) is 2.31. The average Bonchev–Trinajstić information content (AvgIpc) is 2.05. The van der Waals surface area contributed by atoms with Gasteiger partial charge in [0, 0.05) is 11.8 Å². The van der Waals surface area contributed by atoms with Crippen molar-refractivity contribution >= 4 is 18.2 Å². The van der Waals surface area contributed by atoms with Gasteiger partial charge in [-0.15, -0.1) is 12.4 Å². The first kappa shape index (κ1) is 11.9. The molecule has 0 aliphatic carbocycles. The summed E-state index contributed by atoms with van der Waals surface area (Å²) in [6.45, 7) is 6.01. The molecule has 1 fully saturated rings. The summed E-state index contributed by atoms with van der Waals surface area (Å²) in [5.41, 5.74) is 0. The molecule has 0 atom stereocenters. The number of piperidine rings is 1. The van der Waals surface area contributed by atoms with Gasteiger partial charge in [0.2, 0.25) is 0 Å². The van der Waals surface area contributed by atoms with Gasteiger partial charge in [-0.1, -0.05) is 13.8 Å². The smallest absolute Gasteiger partial charge is 0.138 e. The molecule has 0 aromatic carbocycles. The Morgan fingerprint density at radius 2 is 1.83 bits per heavy atom. The molecule has 2 nitrogen and oxygen atoms in total. The van der Waals surface area contributed by atoms with Crippen molar-refractivity contribution in [3.8, 4) is 0 Å². The Bertz CT molecular complexity index is 141. The third-order valence-corrected chi connectivity index (χ3v) is 2.31. The number of hydrogen-bond donors (Lipinski definition) is 1. The van der Waals surface area contributed by atoms with Gasteiger partial charge < -0.3 is 5.32 Å². The fourth-order valence-electron chi connectivity index (χ4n) is 1.58. The van der Waals surface area contributed by atoms with E-state index in [2.05, 4.69) is 5.32 Å². The molecule has 12 heavy (non-hydrogen) atoms. The minimum Gasteiger partial charge on any atom is -0.317 e. The topological polar surface area (TPSA) is 29.1 Å². The fourth-order valence-corrected chi connectivity index (χ4v) is 1.58. The van der Waals surface area contributed by atoms with Gasteiger partial charge in [-0.3, -0.25) is 4.79 Å². The van der Waals surface area contributed by atoms with Gasteiger partial charge in [0.1, 0.15) is 5.78 Å². The Labute approximate surface area is 80.5 Å². The van der Waals surface area contributed by atoms with Crippen molar-refractivity contribution in [2.24, 2.45) is 11.8 Å². The molecule has 0 saturated carbocycles. The van der Waals surface area contributed by atoms with Gasteiger partial charge in [-0.2, -0.15) is 0 Å². The van der Waals surface area contributed by atoms with Crippen LogP contribution < -0.4 is 5.32 Å². The molecule has 1 rings (SSSR count). The summed E-state index contributed by atoms with van der Waals surface area (Å²) in [4.78, 5) is 11.5. The summed E-state index contributed by atoms with van der Waals surface area (Å²) in [7, 11) is 0. The maximum Gasteiger partial charge on any atom is 0.138 e. The van der Waals surface area contributed by atoms with Crippen molar-refractivity contribution < 1.29 is 4.79 Å². The minimum atomic E-state index is 0. The lowest BCUT2D eigenvalue weighted by atomic mass is 9.88. The molecule has 72 valence electrons. The van der Waals surface area contributed by atoms with E-state index in [1.54, 1.807) is 0 Å². The van der Waals surface area contributed by atoms with Crippen molar-refractivity contribution in [3.05, 3.63) is 0 Å². The quantitative estimate of drug-likeness (QED) is 0.719. The minimum absolute atomic E-state index is 0. The maximum absolute atomic E-state index is 11.5. The van der Waals surface area contributed by atoms with E-state index >= 15 is 0 Å². The van der Waals surface area contributed by atoms with Crippen LogP contribution in [0.5, 0.6) is 0 Å². The molecule has 1 heterocycles. The largest absolute Gasteiger partial charge is 0.317 e. The van der Waals surface area contributed by atoms with Crippen molar-refractivity contribution in [3.63, 3.8) is 0 Å². The number of nitrogens with one attached hydrogen (secondary N) is 1. The van der Waals surface area contributed by atoms with Gasteiger partial charge in [-0.05, 0) is 25.9 Å². The Morgan fingerprint density at radius 3 is 2.25 bits per heavy atom. The second kappa shape index (κ2) is 5.55. The first-order chi connectivity index (χ1) is 5.22. The SMILES string of the molecule is CC(C)C(=O)C1CCNCC1.Cl. The van der Waals surface area contributed by atoms with Gasteiger partial charge >= 0.3 is 0 Å². The first-order valence-electron chi connectivity index (χ1n) is 4.46. The Hall–Kier alpha value is -0.0800. The second-order valence-electron chi connectivity index (χ2n) is 3.58. The van der Waals surface area contributed by atoms with E-state index in [0.29, 0.717) is 11.7 Å². The van der Waals surface area contributed by atoms with Crippen LogP contribution in [0.2, 0.25) is 0 Å². The molecule has 0 unspecified atom stereocenters. The number of Topliss-reactive ketones (excluding diaryl/α,β-unsaturated/α-hetero) is 1. The number of carbonyl (C=O) groups excluding carboxylic acids is 1. The molecule has 1 aliphatic heterocycles. The number of ketones is 1. The van der Waals surface area contributed by atoms with E-state index in [9.17, 15) is 4.79 Å². The summed E-state index contributed by atoms with van der Waals surface area (Å²) in [6.07, 6.45) is 2.08. The Morgan fingerprint density at radius 1 is 1.33 bits per heavy atom. The highest BCUT2D eigenvalue weighted by atomic mass is 35.5. The van der Waals surface area contributed by atoms with E-state index < -0.39 is 0 Å². The first-order valence-corrected chi connectivity index (χ1v) is 4.46. The van der Waals surface area contributed by atoms with Crippen molar-refractivity contribution in [2.75, 3.05) is 13.1 Å². The fraction of sp³-hybridized carbons (Fsp3) is 0.889. The van der Waals surface area contributed by atoms with Crippen LogP contribution in [0.25, 0.3) is 0 Å². The van der Waals surface area contributed by atoms with Gasteiger partial charge in [-0.25, -0.2) is 0 Å².